The Labute approximate surface area is 69.4 Å². The van der Waals surface area contributed by atoms with Gasteiger partial charge in [-0.25, -0.2) is 0 Å². The molecule has 0 heterocycles. The van der Waals surface area contributed by atoms with Crippen LogP contribution in [0.5, 0.6) is 0 Å². The number of hydrogen-bond acceptors (Lipinski definition) is 3. The molecule has 1 radical (unpaired) electrons. The van der Waals surface area contributed by atoms with E-state index >= 15 is 0 Å². The SMILES string of the molecule is C[N](C)[Ge]([N](C)C)[N](C)C. The van der Waals surface area contributed by atoms with Crippen molar-refractivity contribution >= 4 is 15.0 Å². The van der Waals surface area contributed by atoms with Crippen LogP contribution in [0.1, 0.15) is 0 Å². The third kappa shape index (κ3) is 3.01. The third-order valence-electron chi connectivity index (χ3n) is 1.20. The second kappa shape index (κ2) is 4.33. The molecule has 61 valence electrons. The van der Waals surface area contributed by atoms with Crippen molar-refractivity contribution in [2.45, 2.75) is 0 Å². The van der Waals surface area contributed by atoms with E-state index < -0.39 is 15.0 Å². The van der Waals surface area contributed by atoms with Crippen LogP contribution in [0.25, 0.3) is 0 Å². The van der Waals surface area contributed by atoms with Gasteiger partial charge in [-0.15, -0.1) is 0 Å². The van der Waals surface area contributed by atoms with E-state index in [1.807, 2.05) is 0 Å². The van der Waals surface area contributed by atoms with Crippen LogP contribution in [0.15, 0.2) is 0 Å². The van der Waals surface area contributed by atoms with Crippen molar-refractivity contribution in [3.63, 3.8) is 0 Å². The summed E-state index contributed by atoms with van der Waals surface area (Å²) < 4.78 is 7.00. The first-order valence-electron chi connectivity index (χ1n) is 3.35. The van der Waals surface area contributed by atoms with E-state index in [0.29, 0.717) is 0 Å². The van der Waals surface area contributed by atoms with Gasteiger partial charge in [-0.05, 0) is 0 Å². The molecule has 0 aliphatic heterocycles. The molecular formula is C6H18GeN3. The number of hydrogen-bond donors (Lipinski definition) is 0. The second-order valence-electron chi connectivity index (χ2n) is 2.98. The van der Waals surface area contributed by atoms with Gasteiger partial charge in [0.1, 0.15) is 0 Å². The van der Waals surface area contributed by atoms with Crippen molar-refractivity contribution < 1.29 is 0 Å². The van der Waals surface area contributed by atoms with E-state index in [1.165, 1.54) is 0 Å². The topological polar surface area (TPSA) is 9.72 Å². The van der Waals surface area contributed by atoms with Crippen molar-refractivity contribution in [1.29, 1.82) is 0 Å². The number of rotatable bonds is 3. The van der Waals surface area contributed by atoms with Gasteiger partial charge in [-0.3, -0.25) is 0 Å². The molecule has 0 bridgehead atoms. The average molecular weight is 205 g/mol. The van der Waals surface area contributed by atoms with Gasteiger partial charge in [0, 0.05) is 0 Å². The predicted octanol–water partition coefficient (Wildman–Crippen LogP) is -0.344. The average Bonchev–Trinajstić information content (AvgIpc) is 1.59. The van der Waals surface area contributed by atoms with E-state index in [2.05, 4.69) is 53.9 Å². The Hall–Kier alpha value is 0.423. The monoisotopic (exact) mass is 206 g/mol. The van der Waals surface area contributed by atoms with E-state index in [4.69, 9.17) is 0 Å². The van der Waals surface area contributed by atoms with Crippen LogP contribution >= 0.6 is 0 Å². The van der Waals surface area contributed by atoms with Crippen molar-refractivity contribution in [3.8, 4) is 0 Å². The molecule has 0 saturated carbocycles. The first-order chi connectivity index (χ1) is 4.46. The molecular weight excluding hydrogens is 187 g/mol. The minimum atomic E-state index is -1.22. The van der Waals surface area contributed by atoms with Crippen molar-refractivity contribution in [2.75, 3.05) is 42.3 Å². The van der Waals surface area contributed by atoms with E-state index in [1.54, 1.807) is 0 Å². The van der Waals surface area contributed by atoms with Gasteiger partial charge < -0.3 is 0 Å². The van der Waals surface area contributed by atoms with Gasteiger partial charge in [0.15, 0.2) is 0 Å². The van der Waals surface area contributed by atoms with Gasteiger partial charge in [0.25, 0.3) is 0 Å². The van der Waals surface area contributed by atoms with Gasteiger partial charge in [0.2, 0.25) is 0 Å². The maximum absolute atomic E-state index is 2.33. The Kier molecular flexibility index (Phi) is 4.51. The van der Waals surface area contributed by atoms with Crippen molar-refractivity contribution in [3.05, 3.63) is 0 Å². The molecule has 4 heteroatoms. The first-order valence-corrected chi connectivity index (χ1v) is 6.17. The summed E-state index contributed by atoms with van der Waals surface area (Å²) in [4.78, 5) is 0. The molecule has 0 spiro atoms. The molecule has 0 fully saturated rings. The van der Waals surface area contributed by atoms with Crippen LogP contribution in [0, 0.1) is 0 Å². The summed E-state index contributed by atoms with van der Waals surface area (Å²) in [5, 5.41) is 0. The summed E-state index contributed by atoms with van der Waals surface area (Å²) >= 11 is -1.22. The molecule has 0 rings (SSSR count). The van der Waals surface area contributed by atoms with Gasteiger partial charge in [-0.2, -0.15) is 0 Å². The van der Waals surface area contributed by atoms with E-state index in [0.717, 1.165) is 0 Å². The normalized spacial score (nSPS) is 12.6. The first kappa shape index (κ1) is 10.4. The Morgan fingerprint density at radius 2 is 0.800 bits per heavy atom. The Bertz CT molecular complexity index is 74.0. The van der Waals surface area contributed by atoms with Crippen LogP contribution < -0.4 is 0 Å². The van der Waals surface area contributed by atoms with Gasteiger partial charge in [0.05, 0.1) is 0 Å². The van der Waals surface area contributed by atoms with Crippen molar-refractivity contribution in [2.24, 2.45) is 0 Å². The summed E-state index contributed by atoms with van der Waals surface area (Å²) in [6, 6.07) is 0. The zero-order valence-electron chi connectivity index (χ0n) is 7.84. The zero-order valence-corrected chi connectivity index (χ0v) is 9.94. The molecule has 0 aliphatic rings. The third-order valence-corrected chi connectivity index (χ3v) is 6.24. The predicted molar refractivity (Wildman–Crippen MR) is 46.8 cm³/mol. The van der Waals surface area contributed by atoms with Crippen LogP contribution in [-0.2, 0) is 0 Å². The molecule has 10 heavy (non-hydrogen) atoms. The molecule has 0 aromatic heterocycles. The van der Waals surface area contributed by atoms with Crippen molar-refractivity contribution in [1.82, 2.24) is 11.6 Å². The summed E-state index contributed by atoms with van der Waals surface area (Å²) in [5.41, 5.74) is 0. The summed E-state index contributed by atoms with van der Waals surface area (Å²) in [6.07, 6.45) is 0. The number of nitrogens with zero attached hydrogens (tertiary/aromatic N) is 3. The Balaban J connectivity index is 3.98. The Morgan fingerprint density at radius 3 is 0.800 bits per heavy atom. The minimum absolute atomic E-state index is 1.22. The molecule has 0 saturated heterocycles. The molecule has 0 aromatic rings. The summed E-state index contributed by atoms with van der Waals surface area (Å²) in [6.45, 7) is 0. The van der Waals surface area contributed by atoms with Crippen LogP contribution in [0.3, 0.4) is 0 Å². The molecule has 0 N–H and O–H groups in total. The molecule has 0 aliphatic carbocycles. The quantitative estimate of drug-likeness (QED) is 0.583. The molecule has 0 atom stereocenters. The second-order valence-corrected chi connectivity index (χ2v) is 9.87. The van der Waals surface area contributed by atoms with Gasteiger partial charge in [-0.1, -0.05) is 0 Å². The van der Waals surface area contributed by atoms with Gasteiger partial charge >= 0.3 is 68.9 Å². The summed E-state index contributed by atoms with van der Waals surface area (Å²) in [5.74, 6) is 0. The fourth-order valence-electron chi connectivity index (χ4n) is 1.20. The standard InChI is InChI=1S/C6H18GeN3/c1-8(2)7(9(3)4)10(5)6/h1-6H3. The van der Waals surface area contributed by atoms with Crippen LogP contribution in [0.2, 0.25) is 0 Å². The summed E-state index contributed by atoms with van der Waals surface area (Å²) in [7, 11) is 12.9. The van der Waals surface area contributed by atoms with E-state index in [9.17, 15) is 0 Å². The van der Waals surface area contributed by atoms with Crippen LogP contribution in [0.4, 0.5) is 0 Å². The molecule has 3 nitrogen and oxygen atoms in total. The fourth-order valence-corrected chi connectivity index (χ4v) is 6.24. The fraction of sp³-hybridized carbons (Fsp3) is 1.00. The van der Waals surface area contributed by atoms with E-state index in [-0.39, 0.29) is 0 Å². The maximum atomic E-state index is 2.33. The molecule has 0 aromatic carbocycles. The zero-order chi connectivity index (χ0) is 8.31. The molecule has 0 amide bonds. The Morgan fingerprint density at radius 1 is 0.600 bits per heavy atom. The van der Waals surface area contributed by atoms with Crippen LogP contribution in [-0.4, -0.2) is 68.9 Å². The molecule has 0 unspecified atom stereocenters.